The number of furan rings is 1. The molecule has 0 fully saturated rings. The summed E-state index contributed by atoms with van der Waals surface area (Å²) >= 11 is 0. The molecule has 0 amide bonds. The van der Waals surface area contributed by atoms with Crippen LogP contribution < -0.4 is 4.90 Å². The smallest absolute Gasteiger partial charge is 0.136 e. The molecule has 0 bridgehead atoms. The first-order valence-corrected chi connectivity index (χ1v) is 21.2. The molecule has 0 N–H and O–H groups in total. The van der Waals surface area contributed by atoms with Crippen molar-refractivity contribution in [2.45, 2.75) is 0 Å². The number of hydrogen-bond donors (Lipinski definition) is 0. The SMILES string of the molecule is c1cc(-c2ccc(-c3ccc4ccc5ccccc5c4c3)cc2)cc(N(c2cccc(-c3ccc4ccccc4c3)c2)c2cccc(-c3cccc4oc5ccccc5c34)c2)c1. The van der Waals surface area contributed by atoms with E-state index >= 15 is 0 Å². The Morgan fingerprint density at radius 3 is 1.45 bits per heavy atom. The van der Waals surface area contributed by atoms with E-state index in [-0.39, 0.29) is 0 Å². The van der Waals surface area contributed by atoms with Gasteiger partial charge in [0.2, 0.25) is 0 Å². The average Bonchev–Trinajstić information content (AvgIpc) is 3.73. The normalized spacial score (nSPS) is 11.5. The van der Waals surface area contributed by atoms with E-state index in [4.69, 9.17) is 4.42 Å². The van der Waals surface area contributed by atoms with Crippen molar-refractivity contribution < 1.29 is 4.42 Å². The second-order valence-electron chi connectivity index (χ2n) is 16.1. The third-order valence-corrected chi connectivity index (χ3v) is 12.4. The van der Waals surface area contributed by atoms with E-state index < -0.39 is 0 Å². The highest BCUT2D eigenvalue weighted by molar-refractivity contribution is 6.13. The summed E-state index contributed by atoms with van der Waals surface area (Å²) in [4.78, 5) is 2.39. The summed E-state index contributed by atoms with van der Waals surface area (Å²) in [6.07, 6.45) is 0. The third-order valence-electron chi connectivity index (χ3n) is 12.4. The van der Waals surface area contributed by atoms with Gasteiger partial charge in [0.05, 0.1) is 0 Å². The maximum atomic E-state index is 6.32. The minimum Gasteiger partial charge on any atom is -0.456 e. The number of hydrogen-bond acceptors (Lipinski definition) is 2. The number of anilines is 3. The van der Waals surface area contributed by atoms with Crippen LogP contribution in [0.3, 0.4) is 0 Å². The fraction of sp³-hybridized carbons (Fsp3) is 0. The molecule has 0 atom stereocenters. The van der Waals surface area contributed by atoms with Crippen molar-refractivity contribution >= 4 is 71.3 Å². The first-order chi connectivity index (χ1) is 30.7. The number of benzene rings is 11. The van der Waals surface area contributed by atoms with Crippen LogP contribution in [0.5, 0.6) is 0 Å². The molecule has 290 valence electrons. The molecule has 11 aromatic carbocycles. The summed E-state index contributed by atoms with van der Waals surface area (Å²) in [7, 11) is 0. The molecule has 0 spiro atoms. The fourth-order valence-corrected chi connectivity index (χ4v) is 9.33. The number of fused-ring (bicyclic) bond motifs is 7. The molecule has 62 heavy (non-hydrogen) atoms. The van der Waals surface area contributed by atoms with E-state index in [2.05, 4.69) is 229 Å². The van der Waals surface area contributed by atoms with E-state index in [1.165, 1.54) is 54.6 Å². The highest BCUT2D eigenvalue weighted by atomic mass is 16.3. The molecule has 2 nitrogen and oxygen atoms in total. The third kappa shape index (κ3) is 6.29. The zero-order chi connectivity index (χ0) is 41.0. The van der Waals surface area contributed by atoms with Gasteiger partial charge in [-0.3, -0.25) is 0 Å². The topological polar surface area (TPSA) is 16.4 Å². The van der Waals surface area contributed by atoms with Gasteiger partial charge in [-0.25, -0.2) is 0 Å². The number of para-hydroxylation sites is 1. The summed E-state index contributed by atoms with van der Waals surface area (Å²) < 4.78 is 6.32. The minimum absolute atomic E-state index is 0.891. The Hall–Kier alpha value is -8.20. The van der Waals surface area contributed by atoms with Gasteiger partial charge in [-0.2, -0.15) is 0 Å². The van der Waals surface area contributed by atoms with Gasteiger partial charge >= 0.3 is 0 Å². The molecule has 12 aromatic rings. The molecule has 1 heterocycles. The Kier molecular flexibility index (Phi) is 8.53. The van der Waals surface area contributed by atoms with E-state index in [9.17, 15) is 0 Å². The lowest BCUT2D eigenvalue weighted by Crippen LogP contribution is -2.10. The maximum Gasteiger partial charge on any atom is 0.136 e. The Morgan fingerprint density at radius 1 is 0.258 bits per heavy atom. The molecular weight excluding hydrogens is 751 g/mol. The molecular formula is C60H39NO. The van der Waals surface area contributed by atoms with Crippen LogP contribution >= 0.6 is 0 Å². The molecule has 0 aliphatic carbocycles. The van der Waals surface area contributed by atoms with Gasteiger partial charge in [-0.15, -0.1) is 0 Å². The molecule has 2 heteroatoms. The molecule has 1 aromatic heterocycles. The second-order valence-corrected chi connectivity index (χ2v) is 16.1. The van der Waals surface area contributed by atoms with E-state index in [1.807, 2.05) is 12.1 Å². The van der Waals surface area contributed by atoms with Crippen molar-refractivity contribution in [1.29, 1.82) is 0 Å². The zero-order valence-corrected chi connectivity index (χ0v) is 33.9. The predicted octanol–water partition coefficient (Wildman–Crippen LogP) is 17.2. The van der Waals surface area contributed by atoms with Crippen LogP contribution in [0.2, 0.25) is 0 Å². The fourth-order valence-electron chi connectivity index (χ4n) is 9.33. The van der Waals surface area contributed by atoms with Crippen LogP contribution in [0, 0.1) is 0 Å². The van der Waals surface area contributed by atoms with Crippen molar-refractivity contribution in [2.24, 2.45) is 0 Å². The Morgan fingerprint density at radius 2 is 0.726 bits per heavy atom. The molecule has 12 rings (SSSR count). The monoisotopic (exact) mass is 789 g/mol. The Labute approximate surface area is 360 Å². The lowest BCUT2D eigenvalue weighted by atomic mass is 9.95. The van der Waals surface area contributed by atoms with Crippen LogP contribution in [-0.4, -0.2) is 0 Å². The van der Waals surface area contributed by atoms with Gasteiger partial charge in [0.25, 0.3) is 0 Å². The van der Waals surface area contributed by atoms with Gasteiger partial charge in [0.15, 0.2) is 0 Å². The van der Waals surface area contributed by atoms with Crippen molar-refractivity contribution in [2.75, 3.05) is 4.90 Å². The van der Waals surface area contributed by atoms with E-state index in [0.29, 0.717) is 0 Å². The largest absolute Gasteiger partial charge is 0.456 e. The molecule has 0 aliphatic heterocycles. The second kappa shape index (κ2) is 14.8. The van der Waals surface area contributed by atoms with Gasteiger partial charge < -0.3 is 9.32 Å². The number of nitrogens with zero attached hydrogens (tertiary/aromatic N) is 1. The Bertz CT molecular complexity index is 3650. The molecule has 0 unspecified atom stereocenters. The van der Waals surface area contributed by atoms with Gasteiger partial charge in [-0.05, 0) is 137 Å². The van der Waals surface area contributed by atoms with Crippen molar-refractivity contribution in [3.8, 4) is 44.5 Å². The van der Waals surface area contributed by atoms with Crippen molar-refractivity contribution in [1.82, 2.24) is 0 Å². The Balaban J connectivity index is 0.962. The lowest BCUT2D eigenvalue weighted by molar-refractivity contribution is 0.669. The summed E-state index contributed by atoms with van der Waals surface area (Å²) in [6.45, 7) is 0. The highest BCUT2D eigenvalue weighted by Gasteiger charge is 2.18. The van der Waals surface area contributed by atoms with Crippen molar-refractivity contribution in [3.63, 3.8) is 0 Å². The minimum atomic E-state index is 0.891. The zero-order valence-electron chi connectivity index (χ0n) is 33.9. The molecule has 0 saturated carbocycles. The summed E-state index contributed by atoms with van der Waals surface area (Å²) in [6, 6.07) is 85.6. The summed E-state index contributed by atoms with van der Waals surface area (Å²) in [5.41, 5.74) is 14.4. The lowest BCUT2D eigenvalue weighted by Gasteiger charge is -2.27. The standard InChI is InChI=1S/C60H39NO/c1-2-13-45-35-48(33-29-40(45)11-1)47-15-8-18-52(37-47)61(53-19-9-16-50(38-53)55-22-10-24-59-60(55)56-21-5-6-23-58(56)62-59)51-17-7-14-46(36-51)41-25-27-42(28-26-41)49-34-32-44-31-30-43-12-3-4-20-54(43)57(44)39-49/h1-39H. The molecule has 0 saturated heterocycles. The van der Waals surface area contributed by atoms with Crippen molar-refractivity contribution in [3.05, 3.63) is 237 Å². The highest BCUT2D eigenvalue weighted by Crippen LogP contribution is 2.42. The molecule has 0 aliphatic rings. The van der Waals surface area contributed by atoms with Crippen LogP contribution in [0.15, 0.2) is 241 Å². The number of rotatable bonds is 7. The quantitative estimate of drug-likeness (QED) is 0.150. The van der Waals surface area contributed by atoms with Gasteiger partial charge in [0, 0.05) is 27.8 Å². The maximum absolute atomic E-state index is 6.32. The van der Waals surface area contributed by atoms with Gasteiger partial charge in [0.1, 0.15) is 11.2 Å². The molecule has 0 radical (unpaired) electrons. The van der Waals surface area contributed by atoms with E-state index in [0.717, 1.165) is 61.3 Å². The first-order valence-electron chi connectivity index (χ1n) is 21.2. The first kappa shape index (κ1) is 35.7. The predicted molar refractivity (Wildman–Crippen MR) is 263 cm³/mol. The van der Waals surface area contributed by atoms with Crippen LogP contribution in [0.4, 0.5) is 17.1 Å². The summed E-state index contributed by atoms with van der Waals surface area (Å²) in [5.74, 6) is 0. The average molecular weight is 790 g/mol. The van der Waals surface area contributed by atoms with Crippen LogP contribution in [0.1, 0.15) is 0 Å². The van der Waals surface area contributed by atoms with Gasteiger partial charge in [-0.1, -0.05) is 176 Å². The summed E-state index contributed by atoms with van der Waals surface area (Å²) in [5, 5.41) is 9.80. The van der Waals surface area contributed by atoms with Crippen LogP contribution in [-0.2, 0) is 0 Å². The van der Waals surface area contributed by atoms with E-state index in [1.54, 1.807) is 0 Å². The van der Waals surface area contributed by atoms with Crippen LogP contribution in [0.25, 0.3) is 98.8 Å².